The highest BCUT2D eigenvalue weighted by molar-refractivity contribution is 5.95. The minimum absolute atomic E-state index is 0.178. The molecule has 1 aromatic heterocycles. The van der Waals surface area contributed by atoms with Crippen LogP contribution in [0, 0.1) is 12.8 Å². The number of hydrogen-bond donors (Lipinski definition) is 3. The van der Waals surface area contributed by atoms with Crippen LogP contribution < -0.4 is 10.1 Å². The van der Waals surface area contributed by atoms with E-state index in [2.05, 4.69) is 31.3 Å². The summed E-state index contributed by atoms with van der Waals surface area (Å²) in [5.41, 5.74) is 2.68. The monoisotopic (exact) mass is 542 g/mol. The summed E-state index contributed by atoms with van der Waals surface area (Å²) in [4.78, 5) is 25.1. The van der Waals surface area contributed by atoms with Crippen LogP contribution in [0.1, 0.15) is 114 Å². The van der Waals surface area contributed by atoms with Gasteiger partial charge in [-0.15, -0.1) is 0 Å². The summed E-state index contributed by atoms with van der Waals surface area (Å²) in [5, 5.41) is 23.0. The molecule has 0 aliphatic carbocycles. The number of hydrogen-bond acceptors (Lipinski definition) is 4. The van der Waals surface area contributed by atoms with Crippen LogP contribution >= 0.6 is 0 Å². The molecule has 7 nitrogen and oxygen atoms in total. The van der Waals surface area contributed by atoms with E-state index < -0.39 is 17.6 Å². The Morgan fingerprint density at radius 1 is 1.00 bits per heavy atom. The minimum atomic E-state index is -1.02. The van der Waals surface area contributed by atoms with Gasteiger partial charge in [-0.05, 0) is 74.8 Å². The third-order valence-corrected chi connectivity index (χ3v) is 8.86. The number of aliphatic hydroxyl groups is 1. The fraction of sp³-hybridized carbons (Fsp3) is 0.625. The van der Waals surface area contributed by atoms with Gasteiger partial charge in [0.05, 0.1) is 12.2 Å². The Hall–Kier alpha value is -2.80. The Kier molecular flexibility index (Phi) is 11.6. The zero-order valence-electron chi connectivity index (χ0n) is 25.3. The predicted octanol–water partition coefficient (Wildman–Crippen LogP) is 6.47. The van der Waals surface area contributed by atoms with Crippen LogP contribution in [0.25, 0.3) is 0 Å². The van der Waals surface area contributed by atoms with Crippen LogP contribution in [0.4, 0.5) is 0 Å². The van der Waals surface area contributed by atoms with Crippen molar-refractivity contribution in [3.63, 3.8) is 0 Å². The van der Waals surface area contributed by atoms with E-state index in [0.717, 1.165) is 35.4 Å². The summed E-state index contributed by atoms with van der Waals surface area (Å²) < 4.78 is 8.10. The molecule has 2 unspecified atom stereocenters. The molecule has 2 aromatic rings. The standard InChI is InChI=1S/C32H50N2O5/c1-9-22(7)28(30(36)37)33-29(35)25-16-18-27(34(25)14-6)32(12-4,13-5)24-15-17-26(23(8)21-24)39-20-19-31(38,10-2)11-3/h15-18,21-22,28,38H,9-14,19-20H2,1-8H3,(H,33,35)(H,36,37). The summed E-state index contributed by atoms with van der Waals surface area (Å²) in [6.45, 7) is 17.2. The molecule has 0 aliphatic rings. The van der Waals surface area contributed by atoms with Crippen LogP contribution in [-0.4, -0.2) is 44.9 Å². The van der Waals surface area contributed by atoms with E-state index in [9.17, 15) is 19.8 Å². The molecule has 7 heteroatoms. The van der Waals surface area contributed by atoms with E-state index in [1.807, 2.05) is 64.3 Å². The molecule has 0 saturated heterocycles. The van der Waals surface area contributed by atoms with E-state index in [-0.39, 0.29) is 17.2 Å². The molecule has 0 bridgehead atoms. The molecule has 1 amide bonds. The number of amides is 1. The van der Waals surface area contributed by atoms with Gasteiger partial charge in [0.25, 0.3) is 5.91 Å². The molecule has 0 fully saturated rings. The number of aromatic nitrogens is 1. The van der Waals surface area contributed by atoms with Crippen molar-refractivity contribution in [2.24, 2.45) is 5.92 Å². The van der Waals surface area contributed by atoms with Crippen molar-refractivity contribution >= 4 is 11.9 Å². The van der Waals surface area contributed by atoms with Gasteiger partial charge < -0.3 is 24.8 Å². The number of nitrogens with zero attached hydrogens (tertiary/aromatic N) is 1. The van der Waals surface area contributed by atoms with E-state index in [0.29, 0.717) is 44.5 Å². The van der Waals surface area contributed by atoms with Gasteiger partial charge in [0.1, 0.15) is 17.5 Å². The summed E-state index contributed by atoms with van der Waals surface area (Å²) in [6.07, 6.45) is 4.31. The fourth-order valence-corrected chi connectivity index (χ4v) is 5.55. The van der Waals surface area contributed by atoms with Crippen molar-refractivity contribution in [3.05, 3.63) is 52.8 Å². The van der Waals surface area contributed by atoms with Crippen LogP contribution in [0.5, 0.6) is 5.75 Å². The van der Waals surface area contributed by atoms with Crippen LogP contribution in [0.2, 0.25) is 0 Å². The number of benzene rings is 1. The number of rotatable bonds is 16. The zero-order valence-corrected chi connectivity index (χ0v) is 25.3. The molecular formula is C32H50N2O5. The van der Waals surface area contributed by atoms with Crippen molar-refractivity contribution < 1.29 is 24.5 Å². The maximum Gasteiger partial charge on any atom is 0.326 e. The second-order valence-corrected chi connectivity index (χ2v) is 10.8. The molecule has 2 rings (SSSR count). The number of carboxylic acids is 1. The largest absolute Gasteiger partial charge is 0.493 e. The Bertz CT molecular complexity index is 1100. The molecule has 218 valence electrons. The number of nitrogens with one attached hydrogen (secondary N) is 1. The number of ether oxygens (including phenoxy) is 1. The lowest BCUT2D eigenvalue weighted by Gasteiger charge is -2.35. The second kappa shape index (κ2) is 14.0. The van der Waals surface area contributed by atoms with Gasteiger partial charge in [-0.1, -0.05) is 60.1 Å². The van der Waals surface area contributed by atoms with Crippen LogP contribution in [-0.2, 0) is 16.8 Å². The quantitative estimate of drug-likeness (QED) is 0.226. The van der Waals surface area contributed by atoms with E-state index in [1.165, 1.54) is 0 Å². The fourth-order valence-electron chi connectivity index (χ4n) is 5.55. The Balaban J connectivity index is 2.41. The highest BCUT2D eigenvalue weighted by atomic mass is 16.5. The SMILES string of the molecule is CCC(C)C(NC(=O)c1ccc(C(CC)(CC)c2ccc(OCCC(O)(CC)CC)c(C)c2)n1CC)C(=O)O. The Morgan fingerprint density at radius 2 is 1.64 bits per heavy atom. The Morgan fingerprint density at radius 3 is 2.13 bits per heavy atom. The van der Waals surface area contributed by atoms with Gasteiger partial charge in [0.15, 0.2) is 0 Å². The van der Waals surface area contributed by atoms with Gasteiger partial charge in [-0.3, -0.25) is 4.79 Å². The molecule has 39 heavy (non-hydrogen) atoms. The molecule has 0 aliphatic heterocycles. The average Bonchev–Trinajstić information content (AvgIpc) is 3.37. The molecule has 3 N–H and O–H groups in total. The maximum absolute atomic E-state index is 13.3. The van der Waals surface area contributed by atoms with E-state index in [4.69, 9.17) is 4.74 Å². The van der Waals surface area contributed by atoms with Gasteiger partial charge in [0, 0.05) is 24.1 Å². The number of aliphatic carboxylic acids is 1. The molecule has 1 aromatic carbocycles. The lowest BCUT2D eigenvalue weighted by Crippen LogP contribution is -2.45. The number of carbonyl (C=O) groups is 2. The number of aryl methyl sites for hydroxylation is 1. The van der Waals surface area contributed by atoms with Gasteiger partial charge in [-0.25, -0.2) is 4.79 Å². The molecule has 0 saturated carbocycles. The van der Waals surface area contributed by atoms with Gasteiger partial charge in [0.2, 0.25) is 0 Å². The van der Waals surface area contributed by atoms with Crippen LogP contribution in [0.3, 0.4) is 0 Å². The average molecular weight is 543 g/mol. The van der Waals surface area contributed by atoms with Crippen LogP contribution in [0.15, 0.2) is 30.3 Å². The highest BCUT2D eigenvalue weighted by Gasteiger charge is 2.36. The third-order valence-electron chi connectivity index (χ3n) is 8.86. The number of carboxylic acid groups (broad SMARTS) is 1. The first-order valence-corrected chi connectivity index (χ1v) is 14.7. The normalized spacial score (nSPS) is 13.7. The first-order valence-electron chi connectivity index (χ1n) is 14.7. The van der Waals surface area contributed by atoms with Crippen molar-refractivity contribution in [1.29, 1.82) is 0 Å². The van der Waals surface area contributed by atoms with Crippen molar-refractivity contribution in [2.45, 2.75) is 118 Å². The lowest BCUT2D eigenvalue weighted by molar-refractivity contribution is -0.140. The molecular weight excluding hydrogens is 492 g/mol. The maximum atomic E-state index is 13.3. The third kappa shape index (κ3) is 7.05. The predicted molar refractivity (Wildman–Crippen MR) is 157 cm³/mol. The smallest absolute Gasteiger partial charge is 0.326 e. The highest BCUT2D eigenvalue weighted by Crippen LogP contribution is 2.41. The van der Waals surface area contributed by atoms with E-state index in [1.54, 1.807) is 0 Å². The molecule has 0 spiro atoms. The minimum Gasteiger partial charge on any atom is -0.493 e. The van der Waals surface area contributed by atoms with Crippen molar-refractivity contribution in [2.75, 3.05) is 6.61 Å². The summed E-state index contributed by atoms with van der Waals surface area (Å²) >= 11 is 0. The Labute approximate surface area is 235 Å². The summed E-state index contributed by atoms with van der Waals surface area (Å²) in [5.74, 6) is -0.750. The first-order chi connectivity index (χ1) is 18.5. The summed E-state index contributed by atoms with van der Waals surface area (Å²) in [7, 11) is 0. The van der Waals surface area contributed by atoms with Gasteiger partial charge >= 0.3 is 5.97 Å². The number of carbonyl (C=O) groups excluding carboxylic acids is 1. The first kappa shape index (κ1) is 32.4. The topological polar surface area (TPSA) is 101 Å². The molecule has 0 radical (unpaired) electrons. The van der Waals surface area contributed by atoms with Gasteiger partial charge in [-0.2, -0.15) is 0 Å². The lowest BCUT2D eigenvalue weighted by atomic mass is 9.72. The zero-order chi connectivity index (χ0) is 29.4. The van der Waals surface area contributed by atoms with Crippen molar-refractivity contribution in [1.82, 2.24) is 9.88 Å². The van der Waals surface area contributed by atoms with Crippen molar-refractivity contribution in [3.8, 4) is 5.75 Å². The molecule has 2 atom stereocenters. The molecule has 1 heterocycles. The second-order valence-electron chi connectivity index (χ2n) is 10.8. The summed E-state index contributed by atoms with van der Waals surface area (Å²) in [6, 6.07) is 9.19. The van der Waals surface area contributed by atoms with E-state index >= 15 is 0 Å².